The first-order valence-corrected chi connectivity index (χ1v) is 6.93. The van der Waals surface area contributed by atoms with Gasteiger partial charge in [0.1, 0.15) is 5.01 Å². The summed E-state index contributed by atoms with van der Waals surface area (Å²) in [6, 6.07) is 0.558. The number of hydrogen-bond donors (Lipinski definition) is 1. The zero-order chi connectivity index (χ0) is 11.4. The molecule has 1 aliphatic rings. The van der Waals surface area contributed by atoms with Crippen molar-refractivity contribution in [2.24, 2.45) is 0 Å². The summed E-state index contributed by atoms with van der Waals surface area (Å²) in [6.07, 6.45) is 4.72. The average Bonchev–Trinajstić information content (AvgIpc) is 2.67. The molecule has 1 saturated heterocycles. The number of hydrogen-bond acceptors (Lipinski definition) is 4. The molecule has 1 aromatic heterocycles. The molecule has 2 heterocycles. The minimum atomic E-state index is 0.304. The predicted octanol–water partition coefficient (Wildman–Crippen LogP) is 2.19. The minimum absolute atomic E-state index is 0.304. The second-order valence-corrected chi connectivity index (χ2v) is 5.46. The molecule has 0 saturated carbocycles. The van der Waals surface area contributed by atoms with Crippen molar-refractivity contribution in [2.45, 2.75) is 45.2 Å². The zero-order valence-electron chi connectivity index (χ0n) is 9.85. The lowest BCUT2D eigenvalue weighted by molar-refractivity contribution is 0.112. The third kappa shape index (κ3) is 3.03. The van der Waals surface area contributed by atoms with Crippen LogP contribution in [-0.2, 0) is 6.54 Å². The van der Waals surface area contributed by atoms with Gasteiger partial charge < -0.3 is 5.11 Å². The van der Waals surface area contributed by atoms with Gasteiger partial charge in [-0.05, 0) is 32.7 Å². The Balaban J connectivity index is 1.95. The van der Waals surface area contributed by atoms with E-state index < -0.39 is 0 Å². The van der Waals surface area contributed by atoms with E-state index in [1.165, 1.54) is 24.3 Å². The van der Waals surface area contributed by atoms with Crippen molar-refractivity contribution in [3.8, 4) is 0 Å². The third-order valence-corrected chi connectivity index (χ3v) is 4.17. The van der Waals surface area contributed by atoms with Crippen molar-refractivity contribution in [3.05, 3.63) is 16.1 Å². The molecule has 0 amide bonds. The van der Waals surface area contributed by atoms with E-state index in [9.17, 15) is 0 Å². The van der Waals surface area contributed by atoms with E-state index in [4.69, 9.17) is 5.11 Å². The molecule has 90 valence electrons. The molecule has 0 spiro atoms. The molecule has 1 fully saturated rings. The Morgan fingerprint density at radius 3 is 3.12 bits per heavy atom. The van der Waals surface area contributed by atoms with Crippen LogP contribution in [0.25, 0.3) is 0 Å². The van der Waals surface area contributed by atoms with Crippen LogP contribution in [0, 0.1) is 6.92 Å². The van der Waals surface area contributed by atoms with Gasteiger partial charge in [-0.25, -0.2) is 4.98 Å². The number of likely N-dealkylation sites (tertiary alicyclic amines) is 1. The highest BCUT2D eigenvalue weighted by Gasteiger charge is 2.22. The van der Waals surface area contributed by atoms with Gasteiger partial charge in [-0.15, -0.1) is 11.3 Å². The fourth-order valence-corrected chi connectivity index (χ4v) is 3.19. The summed E-state index contributed by atoms with van der Waals surface area (Å²) in [6.45, 7) is 4.46. The zero-order valence-corrected chi connectivity index (χ0v) is 10.7. The van der Waals surface area contributed by atoms with E-state index >= 15 is 0 Å². The maximum atomic E-state index is 9.07. The van der Waals surface area contributed by atoms with Crippen molar-refractivity contribution < 1.29 is 5.11 Å². The van der Waals surface area contributed by atoms with Gasteiger partial charge in [-0.2, -0.15) is 0 Å². The van der Waals surface area contributed by atoms with Crippen LogP contribution in [0.4, 0.5) is 0 Å². The second kappa shape index (κ2) is 5.75. The van der Waals surface area contributed by atoms with Crippen LogP contribution >= 0.6 is 11.3 Å². The Morgan fingerprint density at radius 2 is 2.44 bits per heavy atom. The van der Waals surface area contributed by atoms with Crippen molar-refractivity contribution >= 4 is 11.3 Å². The average molecular weight is 240 g/mol. The molecule has 0 bridgehead atoms. The Morgan fingerprint density at radius 1 is 1.56 bits per heavy atom. The fraction of sp³-hybridized carbons (Fsp3) is 0.750. The predicted molar refractivity (Wildman–Crippen MR) is 66.6 cm³/mol. The topological polar surface area (TPSA) is 36.4 Å². The number of nitrogens with zero attached hydrogens (tertiary/aromatic N) is 2. The summed E-state index contributed by atoms with van der Waals surface area (Å²) in [5, 5.41) is 12.4. The maximum absolute atomic E-state index is 9.07. The summed E-state index contributed by atoms with van der Waals surface area (Å²) in [7, 11) is 0. The molecule has 16 heavy (non-hydrogen) atoms. The maximum Gasteiger partial charge on any atom is 0.107 e. The lowest BCUT2D eigenvalue weighted by Gasteiger charge is -2.34. The van der Waals surface area contributed by atoms with E-state index in [1.807, 2.05) is 6.92 Å². The molecule has 0 aromatic carbocycles. The van der Waals surface area contributed by atoms with E-state index in [0.29, 0.717) is 12.6 Å². The van der Waals surface area contributed by atoms with Crippen LogP contribution in [0.1, 0.15) is 36.4 Å². The monoisotopic (exact) mass is 240 g/mol. The molecule has 1 atom stereocenters. The Hall–Kier alpha value is -0.450. The molecule has 1 N–H and O–H groups in total. The summed E-state index contributed by atoms with van der Waals surface area (Å²) in [4.78, 5) is 7.00. The van der Waals surface area contributed by atoms with Crippen LogP contribution in [0.3, 0.4) is 0 Å². The summed E-state index contributed by atoms with van der Waals surface area (Å²) >= 11 is 1.75. The van der Waals surface area contributed by atoms with Gasteiger partial charge >= 0.3 is 0 Å². The van der Waals surface area contributed by atoms with E-state index in [0.717, 1.165) is 25.2 Å². The highest BCUT2D eigenvalue weighted by Crippen LogP contribution is 2.22. The number of aromatic nitrogens is 1. The molecule has 0 radical (unpaired) electrons. The molecule has 1 aromatic rings. The van der Waals surface area contributed by atoms with Gasteiger partial charge in [-0.3, -0.25) is 4.90 Å². The minimum Gasteiger partial charge on any atom is -0.396 e. The number of thiazole rings is 1. The van der Waals surface area contributed by atoms with Gasteiger partial charge in [0.05, 0.1) is 6.54 Å². The molecular weight excluding hydrogens is 220 g/mol. The fourth-order valence-electron chi connectivity index (χ4n) is 2.39. The van der Waals surface area contributed by atoms with Gasteiger partial charge in [0, 0.05) is 23.7 Å². The van der Waals surface area contributed by atoms with Crippen LogP contribution in [-0.4, -0.2) is 34.2 Å². The van der Waals surface area contributed by atoms with Crippen molar-refractivity contribution in [2.75, 3.05) is 13.2 Å². The molecule has 2 rings (SSSR count). The van der Waals surface area contributed by atoms with Crippen molar-refractivity contribution in [1.29, 1.82) is 0 Å². The standard InChI is InChI=1S/C12H20N2OS/c1-10-9-16-12(13-10)8-14-6-3-2-4-11(14)5-7-15/h9,11,15H,2-8H2,1H3. The second-order valence-electron chi connectivity index (χ2n) is 4.51. The van der Waals surface area contributed by atoms with Crippen LogP contribution < -0.4 is 0 Å². The van der Waals surface area contributed by atoms with Gasteiger partial charge in [-0.1, -0.05) is 6.42 Å². The highest BCUT2D eigenvalue weighted by molar-refractivity contribution is 7.09. The van der Waals surface area contributed by atoms with Crippen LogP contribution in [0.2, 0.25) is 0 Å². The molecule has 3 nitrogen and oxygen atoms in total. The van der Waals surface area contributed by atoms with Gasteiger partial charge in [0.15, 0.2) is 0 Å². The number of aliphatic hydroxyl groups excluding tert-OH is 1. The third-order valence-electron chi connectivity index (χ3n) is 3.22. The first kappa shape index (κ1) is 12.0. The SMILES string of the molecule is Cc1csc(CN2CCCCC2CCO)n1. The molecule has 4 heteroatoms. The molecule has 1 aliphatic heterocycles. The smallest absolute Gasteiger partial charge is 0.107 e. The summed E-state index contributed by atoms with van der Waals surface area (Å²) < 4.78 is 0. The highest BCUT2D eigenvalue weighted by atomic mass is 32.1. The Labute approximate surface area is 101 Å². The normalized spacial score (nSPS) is 22.5. The van der Waals surface area contributed by atoms with E-state index in [2.05, 4.69) is 15.3 Å². The number of aryl methyl sites for hydroxylation is 1. The van der Waals surface area contributed by atoms with Crippen LogP contribution in [0.15, 0.2) is 5.38 Å². The Kier molecular flexibility index (Phi) is 4.32. The quantitative estimate of drug-likeness (QED) is 0.876. The first-order chi connectivity index (χ1) is 7.79. The molecule has 1 unspecified atom stereocenters. The van der Waals surface area contributed by atoms with Gasteiger partial charge in [0.2, 0.25) is 0 Å². The summed E-state index contributed by atoms with van der Waals surface area (Å²) in [5.41, 5.74) is 1.12. The number of piperidine rings is 1. The van der Waals surface area contributed by atoms with Gasteiger partial charge in [0.25, 0.3) is 0 Å². The Bertz CT molecular complexity index is 325. The largest absolute Gasteiger partial charge is 0.396 e. The molecular formula is C12H20N2OS. The van der Waals surface area contributed by atoms with E-state index in [1.54, 1.807) is 11.3 Å². The van der Waals surface area contributed by atoms with E-state index in [-0.39, 0.29) is 0 Å². The van der Waals surface area contributed by atoms with Crippen LogP contribution in [0.5, 0.6) is 0 Å². The molecule has 0 aliphatic carbocycles. The number of aliphatic hydroxyl groups is 1. The first-order valence-electron chi connectivity index (χ1n) is 6.05. The lowest BCUT2D eigenvalue weighted by atomic mass is 10.00. The summed E-state index contributed by atoms with van der Waals surface area (Å²) in [5.74, 6) is 0. The number of rotatable bonds is 4. The van der Waals surface area contributed by atoms with Crippen molar-refractivity contribution in [1.82, 2.24) is 9.88 Å². The van der Waals surface area contributed by atoms with Crippen molar-refractivity contribution in [3.63, 3.8) is 0 Å². The lowest BCUT2D eigenvalue weighted by Crippen LogP contribution is -2.39.